The highest BCUT2D eigenvalue weighted by Crippen LogP contribution is 2.33. The predicted octanol–water partition coefficient (Wildman–Crippen LogP) is 2.19. The predicted molar refractivity (Wildman–Crippen MR) is 59.6 cm³/mol. The number of carbonyl (C=O) groups excluding carboxylic acids is 2. The molecule has 2 amide bonds. The SMILES string of the molecule is CC(=O)N1C(=O)C=CSc2ccccc21. The summed E-state index contributed by atoms with van der Waals surface area (Å²) in [6.07, 6.45) is 1.41. The Labute approximate surface area is 91.8 Å². The molecule has 1 aromatic carbocycles. The molecule has 0 radical (unpaired) electrons. The number of hydrogen-bond acceptors (Lipinski definition) is 3. The Morgan fingerprint density at radius 1 is 1.33 bits per heavy atom. The molecule has 0 bridgehead atoms. The van der Waals surface area contributed by atoms with Gasteiger partial charge in [-0.25, -0.2) is 4.90 Å². The van der Waals surface area contributed by atoms with Crippen LogP contribution in [0.5, 0.6) is 0 Å². The van der Waals surface area contributed by atoms with Crippen molar-refractivity contribution in [1.29, 1.82) is 0 Å². The van der Waals surface area contributed by atoms with E-state index in [1.54, 1.807) is 11.5 Å². The second kappa shape index (κ2) is 3.90. The molecule has 1 aliphatic rings. The first kappa shape index (κ1) is 9.98. The van der Waals surface area contributed by atoms with Crippen LogP contribution in [0.4, 0.5) is 5.69 Å². The van der Waals surface area contributed by atoms with Crippen molar-refractivity contribution in [3.63, 3.8) is 0 Å². The summed E-state index contributed by atoms with van der Waals surface area (Å²) in [5.74, 6) is -0.556. The van der Waals surface area contributed by atoms with E-state index in [1.807, 2.05) is 18.2 Å². The number of carbonyl (C=O) groups is 2. The molecular formula is C11H9NO2S. The van der Waals surface area contributed by atoms with E-state index in [0.29, 0.717) is 5.69 Å². The van der Waals surface area contributed by atoms with Crippen LogP contribution in [0.2, 0.25) is 0 Å². The summed E-state index contributed by atoms with van der Waals surface area (Å²) in [6.45, 7) is 1.39. The van der Waals surface area contributed by atoms with Crippen LogP contribution in [-0.4, -0.2) is 11.8 Å². The van der Waals surface area contributed by atoms with Crippen molar-refractivity contribution in [2.24, 2.45) is 0 Å². The summed E-state index contributed by atoms with van der Waals surface area (Å²) in [4.78, 5) is 25.1. The van der Waals surface area contributed by atoms with Gasteiger partial charge in [0.25, 0.3) is 5.91 Å². The van der Waals surface area contributed by atoms with Gasteiger partial charge >= 0.3 is 0 Å². The standard InChI is InChI=1S/C11H9NO2S/c1-8(13)12-9-4-2-3-5-10(9)15-7-6-11(12)14/h2-7H,1H3. The summed E-state index contributed by atoms with van der Waals surface area (Å²) in [7, 11) is 0. The molecule has 15 heavy (non-hydrogen) atoms. The van der Waals surface area contributed by atoms with Gasteiger partial charge in [-0.3, -0.25) is 9.59 Å². The molecule has 2 rings (SSSR count). The number of fused-ring (bicyclic) bond motifs is 1. The number of nitrogens with zero attached hydrogens (tertiary/aromatic N) is 1. The summed E-state index contributed by atoms with van der Waals surface area (Å²) >= 11 is 1.44. The van der Waals surface area contributed by atoms with Crippen molar-refractivity contribution < 1.29 is 9.59 Å². The number of amides is 2. The maximum absolute atomic E-state index is 11.6. The molecule has 0 unspecified atom stereocenters. The molecule has 0 N–H and O–H groups in total. The molecule has 0 saturated carbocycles. The number of thioether (sulfide) groups is 1. The van der Waals surface area contributed by atoms with Crippen LogP contribution >= 0.6 is 11.8 Å². The number of rotatable bonds is 0. The minimum absolute atomic E-state index is 0.264. The molecule has 0 fully saturated rings. The van der Waals surface area contributed by atoms with E-state index in [9.17, 15) is 9.59 Å². The van der Waals surface area contributed by atoms with Crippen LogP contribution < -0.4 is 4.90 Å². The normalized spacial score (nSPS) is 14.7. The molecule has 4 heteroatoms. The molecule has 0 atom stereocenters. The smallest absolute Gasteiger partial charge is 0.258 e. The van der Waals surface area contributed by atoms with Gasteiger partial charge in [0.2, 0.25) is 5.91 Å². The van der Waals surface area contributed by atoms with Crippen LogP contribution in [0.3, 0.4) is 0 Å². The van der Waals surface area contributed by atoms with Gasteiger partial charge in [-0.15, -0.1) is 0 Å². The third-order valence-corrected chi connectivity index (χ3v) is 2.92. The highest BCUT2D eigenvalue weighted by Gasteiger charge is 2.22. The first-order valence-electron chi connectivity index (χ1n) is 4.47. The molecule has 1 heterocycles. The molecular weight excluding hydrogens is 210 g/mol. The fourth-order valence-electron chi connectivity index (χ4n) is 1.43. The summed E-state index contributed by atoms with van der Waals surface area (Å²) < 4.78 is 0. The number of para-hydroxylation sites is 1. The molecule has 1 aliphatic heterocycles. The Bertz CT molecular complexity index is 454. The van der Waals surface area contributed by atoms with Gasteiger partial charge in [-0.05, 0) is 17.5 Å². The van der Waals surface area contributed by atoms with Crippen molar-refractivity contribution in [3.8, 4) is 0 Å². The number of benzene rings is 1. The fourth-order valence-corrected chi connectivity index (χ4v) is 2.19. The topological polar surface area (TPSA) is 37.4 Å². The Morgan fingerprint density at radius 2 is 2.07 bits per heavy atom. The molecule has 1 aromatic rings. The van der Waals surface area contributed by atoms with Gasteiger partial charge in [-0.2, -0.15) is 0 Å². The zero-order valence-electron chi connectivity index (χ0n) is 8.14. The number of hydrogen-bond donors (Lipinski definition) is 0. The lowest BCUT2D eigenvalue weighted by Crippen LogP contribution is -2.33. The van der Waals surface area contributed by atoms with Crippen molar-refractivity contribution in [1.82, 2.24) is 0 Å². The zero-order valence-corrected chi connectivity index (χ0v) is 8.95. The van der Waals surface area contributed by atoms with Crippen LogP contribution in [0.15, 0.2) is 40.6 Å². The molecule has 0 aliphatic carbocycles. The van der Waals surface area contributed by atoms with E-state index in [2.05, 4.69) is 0 Å². The van der Waals surface area contributed by atoms with Crippen molar-refractivity contribution >= 4 is 29.3 Å². The Morgan fingerprint density at radius 3 is 2.80 bits per heavy atom. The molecule has 76 valence electrons. The van der Waals surface area contributed by atoms with Crippen molar-refractivity contribution in [2.75, 3.05) is 4.90 Å². The number of anilines is 1. The lowest BCUT2D eigenvalue weighted by molar-refractivity contribution is -0.122. The third kappa shape index (κ3) is 1.80. The van der Waals surface area contributed by atoms with Crippen LogP contribution in [-0.2, 0) is 9.59 Å². The molecule has 0 aromatic heterocycles. The zero-order chi connectivity index (χ0) is 10.8. The summed E-state index contributed by atoms with van der Waals surface area (Å²) in [5, 5.41) is 1.70. The average molecular weight is 219 g/mol. The van der Waals surface area contributed by atoms with Crippen molar-refractivity contribution in [2.45, 2.75) is 11.8 Å². The molecule has 0 spiro atoms. The molecule has 3 nitrogen and oxygen atoms in total. The maximum atomic E-state index is 11.6. The Kier molecular flexibility index (Phi) is 2.60. The Balaban J connectivity index is 2.57. The van der Waals surface area contributed by atoms with Crippen LogP contribution in [0.1, 0.15) is 6.92 Å². The minimum Gasteiger partial charge on any atom is -0.274 e. The highest BCUT2D eigenvalue weighted by molar-refractivity contribution is 8.02. The van der Waals surface area contributed by atoms with Crippen molar-refractivity contribution in [3.05, 3.63) is 35.7 Å². The summed E-state index contributed by atoms with van der Waals surface area (Å²) in [5.41, 5.74) is 0.657. The van der Waals surface area contributed by atoms with Gasteiger partial charge in [0, 0.05) is 17.9 Å². The van der Waals surface area contributed by atoms with Gasteiger partial charge in [0.15, 0.2) is 0 Å². The lowest BCUT2D eigenvalue weighted by atomic mass is 10.2. The fraction of sp³-hybridized carbons (Fsp3) is 0.0909. The van der Waals surface area contributed by atoms with Gasteiger partial charge < -0.3 is 0 Å². The van der Waals surface area contributed by atoms with Gasteiger partial charge in [0.05, 0.1) is 5.69 Å². The molecule has 0 saturated heterocycles. The van der Waals surface area contributed by atoms with E-state index < -0.39 is 0 Å². The van der Waals surface area contributed by atoms with E-state index in [4.69, 9.17) is 0 Å². The Hall–Kier alpha value is -1.55. The second-order valence-electron chi connectivity index (χ2n) is 3.08. The maximum Gasteiger partial charge on any atom is 0.258 e. The van der Waals surface area contributed by atoms with E-state index in [-0.39, 0.29) is 11.8 Å². The van der Waals surface area contributed by atoms with Crippen LogP contribution in [0, 0.1) is 0 Å². The minimum atomic E-state index is -0.292. The number of imide groups is 1. The first-order chi connectivity index (χ1) is 7.20. The first-order valence-corrected chi connectivity index (χ1v) is 5.35. The van der Waals surface area contributed by atoms with Gasteiger partial charge in [0.1, 0.15) is 0 Å². The second-order valence-corrected chi connectivity index (χ2v) is 4.03. The highest BCUT2D eigenvalue weighted by atomic mass is 32.2. The lowest BCUT2D eigenvalue weighted by Gasteiger charge is -2.17. The van der Waals surface area contributed by atoms with E-state index in [1.165, 1.54) is 29.7 Å². The van der Waals surface area contributed by atoms with E-state index >= 15 is 0 Å². The van der Waals surface area contributed by atoms with Crippen LogP contribution in [0.25, 0.3) is 0 Å². The monoisotopic (exact) mass is 219 g/mol. The average Bonchev–Trinajstić information content (AvgIpc) is 2.35. The van der Waals surface area contributed by atoms with Gasteiger partial charge in [-0.1, -0.05) is 23.9 Å². The largest absolute Gasteiger partial charge is 0.274 e. The third-order valence-electron chi connectivity index (χ3n) is 2.05. The summed E-state index contributed by atoms with van der Waals surface area (Å²) in [6, 6.07) is 7.36. The quantitative estimate of drug-likeness (QED) is 0.671. The van der Waals surface area contributed by atoms with E-state index in [0.717, 1.165) is 4.90 Å².